The summed E-state index contributed by atoms with van der Waals surface area (Å²) in [4.78, 5) is 0. The smallest absolute Gasteiger partial charge is 0.0771 e. The fourth-order valence-electron chi connectivity index (χ4n) is 3.42. The van der Waals surface area contributed by atoms with Crippen LogP contribution in [0, 0.1) is 28.7 Å². The summed E-state index contributed by atoms with van der Waals surface area (Å²) in [5, 5.41) is 8.15. The van der Waals surface area contributed by atoms with Gasteiger partial charge in [0.15, 0.2) is 0 Å². The van der Waals surface area contributed by atoms with Gasteiger partial charge in [-0.3, -0.25) is 0 Å². The van der Waals surface area contributed by atoms with E-state index in [9.17, 15) is 0 Å². The van der Waals surface area contributed by atoms with E-state index in [0.717, 1.165) is 0 Å². The van der Waals surface area contributed by atoms with Crippen LogP contribution in [0.3, 0.4) is 0 Å². The van der Waals surface area contributed by atoms with Crippen LogP contribution >= 0.6 is 24.8 Å². The number of benzene rings is 3. The van der Waals surface area contributed by atoms with Crippen molar-refractivity contribution in [1.29, 1.82) is 0 Å². The van der Waals surface area contributed by atoms with E-state index in [1.165, 1.54) is 66.8 Å². The Kier molecular flexibility index (Phi) is 15.3. The molecule has 0 unspecified atom stereocenters. The van der Waals surface area contributed by atoms with Gasteiger partial charge in [-0.15, -0.1) is 105 Å². The topological polar surface area (TPSA) is 0 Å². The first-order valence-corrected chi connectivity index (χ1v) is 12.8. The van der Waals surface area contributed by atoms with Crippen molar-refractivity contribution in [2.45, 2.75) is 13.8 Å². The van der Waals surface area contributed by atoms with Crippen LogP contribution in [-0.4, -0.2) is 6.88 Å². The minimum atomic E-state index is 0. The zero-order valence-corrected chi connectivity index (χ0v) is 23.0. The van der Waals surface area contributed by atoms with Crippen molar-refractivity contribution in [3.8, 4) is 0 Å². The summed E-state index contributed by atoms with van der Waals surface area (Å²) in [6.45, 7) is 7.40. The van der Waals surface area contributed by atoms with Gasteiger partial charge in [-0.2, -0.15) is 5.56 Å². The third-order valence-electron chi connectivity index (χ3n) is 4.85. The molecule has 2 radical (unpaired) electrons. The average molecular weight is 531 g/mol. The van der Waals surface area contributed by atoms with Crippen LogP contribution in [0.1, 0.15) is 11.1 Å². The summed E-state index contributed by atoms with van der Waals surface area (Å²) < 4.78 is 0. The first-order chi connectivity index (χ1) is 12.7. The maximum atomic E-state index is 3.06. The van der Waals surface area contributed by atoms with Crippen LogP contribution in [0.5, 0.6) is 0 Å². The van der Waals surface area contributed by atoms with Crippen molar-refractivity contribution in [2.75, 3.05) is 0 Å². The molecule has 0 saturated carbocycles. The Morgan fingerprint density at radius 2 is 0.900 bits per heavy atom. The van der Waals surface area contributed by atoms with E-state index in [1.54, 1.807) is 0 Å². The van der Waals surface area contributed by atoms with E-state index >= 15 is 0 Å². The molecule has 0 aliphatic rings. The second-order valence-corrected chi connectivity index (χ2v) is 6.36. The third kappa shape index (κ3) is 6.66. The van der Waals surface area contributed by atoms with Gasteiger partial charge in [0.05, 0.1) is 0 Å². The van der Waals surface area contributed by atoms with Gasteiger partial charge in [0.1, 0.15) is 0 Å². The maximum absolute atomic E-state index is 3.06. The molecule has 0 bridgehead atoms. The Bertz CT molecular complexity index is 1110. The van der Waals surface area contributed by atoms with Crippen molar-refractivity contribution in [3.63, 3.8) is 0 Å². The molecule has 0 heterocycles. The number of aryl methyl sites for hydroxylation is 2. The van der Waals surface area contributed by atoms with Gasteiger partial charge in [-0.1, -0.05) is 56.3 Å². The van der Waals surface area contributed by atoms with Gasteiger partial charge in [0, 0.05) is 0 Å². The third-order valence-corrected chi connectivity index (χ3v) is 4.85. The molecule has 0 fully saturated rings. The summed E-state index contributed by atoms with van der Waals surface area (Å²) >= 11 is 1.36. The molecule has 0 spiro atoms. The molecule has 5 aromatic carbocycles. The number of rotatable bonds is 0. The molecule has 5 rings (SSSR count). The zero-order chi connectivity index (χ0) is 18.5. The van der Waals surface area contributed by atoms with Gasteiger partial charge in [-0.05, 0) is 0 Å². The molecule has 5 aromatic rings. The summed E-state index contributed by atoms with van der Waals surface area (Å²) in [6.07, 6.45) is 0. The number of halogens is 2. The van der Waals surface area contributed by atoms with Crippen LogP contribution in [0.4, 0.5) is 0 Å². The largest absolute Gasteiger partial charge is 0.126 e. The average Bonchev–Trinajstić information content (AvgIpc) is 3.22. The second-order valence-electron chi connectivity index (χ2n) is 6.36. The van der Waals surface area contributed by atoms with E-state index in [-0.39, 0.29) is 39.7 Å². The first-order valence-electron chi connectivity index (χ1n) is 8.64. The SMILES string of the molecule is Cc1[cH-]c2ccccc2c1C.Cl.Cl.[CH3-].[CH3-].[Si]=[Zr].c1ccc2c(c1)[cH-]c1ccccc12. The monoisotopic (exact) mass is 528 g/mol. The van der Waals surface area contributed by atoms with Gasteiger partial charge in [-0.25, -0.2) is 0 Å². The number of hydrogen-bond donors (Lipinski definition) is 0. The molecular formula is C26H28Cl2SiZr-4. The molecular weight excluding hydrogens is 503 g/mol. The van der Waals surface area contributed by atoms with E-state index in [4.69, 9.17) is 0 Å². The minimum Gasteiger partial charge on any atom is -0.126 e. The summed E-state index contributed by atoms with van der Waals surface area (Å²) in [7, 11) is 0. The van der Waals surface area contributed by atoms with Crippen molar-refractivity contribution in [2.24, 2.45) is 0 Å². The Morgan fingerprint density at radius 1 is 0.567 bits per heavy atom. The van der Waals surface area contributed by atoms with Crippen LogP contribution in [0.25, 0.3) is 32.3 Å². The van der Waals surface area contributed by atoms with E-state index in [1.807, 2.05) is 0 Å². The maximum Gasteiger partial charge on any atom is -0.0771 e. The van der Waals surface area contributed by atoms with Gasteiger partial charge in [0.25, 0.3) is 0 Å². The molecule has 4 heteroatoms. The van der Waals surface area contributed by atoms with E-state index in [2.05, 4.69) is 106 Å². The molecule has 0 nitrogen and oxygen atoms in total. The van der Waals surface area contributed by atoms with Crippen molar-refractivity contribution >= 4 is 64.0 Å². The summed E-state index contributed by atoms with van der Waals surface area (Å²) in [6, 6.07) is 30.0. The van der Waals surface area contributed by atoms with E-state index in [0.29, 0.717) is 0 Å². The van der Waals surface area contributed by atoms with Crippen molar-refractivity contribution < 1.29 is 23.3 Å². The quantitative estimate of drug-likeness (QED) is 0.140. The molecule has 30 heavy (non-hydrogen) atoms. The standard InChI is InChI=1S/C13H9.C11H11.2CH3.2ClH.Si.Zr/c1-3-7-12-10(5-1)9-11-6-2-4-8-13(11)12;1-8-7-10-5-3-4-6-11(10)9(8)2;;;;;;/h1-9H;3-7H,1-2H3;2*1H3;2*1H;;/q4*-1;;;;. The predicted octanol–water partition coefficient (Wildman–Crippen LogP) is 8.25. The summed E-state index contributed by atoms with van der Waals surface area (Å²) in [5.41, 5.74) is 2.81. The Morgan fingerprint density at radius 3 is 1.30 bits per heavy atom. The predicted molar refractivity (Wildman–Crippen MR) is 139 cm³/mol. The normalized spacial score (nSPS) is 8.83. The molecule has 0 amide bonds. The fraction of sp³-hybridized carbons (Fsp3) is 0.0769. The number of fused-ring (bicyclic) bond motifs is 4. The molecule has 0 atom stereocenters. The van der Waals surface area contributed by atoms with Gasteiger partial charge in [0.2, 0.25) is 0 Å². The van der Waals surface area contributed by atoms with Crippen LogP contribution in [0.2, 0.25) is 0 Å². The molecule has 0 aromatic heterocycles. The molecule has 158 valence electrons. The van der Waals surface area contributed by atoms with Crippen LogP contribution in [-0.2, 0) is 23.3 Å². The zero-order valence-electron chi connectivity index (χ0n) is 17.9. The Balaban J connectivity index is 0. The molecule has 0 aliphatic heterocycles. The first kappa shape index (κ1) is 31.0. The molecule has 0 N–H and O–H groups in total. The van der Waals surface area contributed by atoms with Crippen LogP contribution < -0.4 is 0 Å². The van der Waals surface area contributed by atoms with Crippen molar-refractivity contribution in [3.05, 3.63) is 111 Å². The Labute approximate surface area is 210 Å². The minimum absolute atomic E-state index is 0. The second kappa shape index (κ2) is 14.8. The van der Waals surface area contributed by atoms with E-state index < -0.39 is 0 Å². The number of hydrogen-bond acceptors (Lipinski definition) is 0. The van der Waals surface area contributed by atoms with Crippen molar-refractivity contribution in [1.82, 2.24) is 0 Å². The summed E-state index contributed by atoms with van der Waals surface area (Å²) in [5.74, 6) is 0. The molecule has 0 saturated heterocycles. The van der Waals surface area contributed by atoms with Gasteiger partial charge >= 0.3 is 30.2 Å². The Hall–Kier alpha value is -1.18. The van der Waals surface area contributed by atoms with Crippen LogP contribution in [0.15, 0.2) is 84.9 Å². The fourth-order valence-corrected chi connectivity index (χ4v) is 3.42. The molecule has 0 aliphatic carbocycles. The van der Waals surface area contributed by atoms with Gasteiger partial charge < -0.3 is 14.9 Å².